The number of hydrogen-bond donors (Lipinski definition) is 1. The highest BCUT2D eigenvalue weighted by atomic mass is 19.1. The van der Waals surface area contributed by atoms with Crippen molar-refractivity contribution >= 4 is 5.69 Å². The number of anilines is 1. The van der Waals surface area contributed by atoms with Gasteiger partial charge in [-0.3, -0.25) is 0 Å². The van der Waals surface area contributed by atoms with Crippen LogP contribution < -0.4 is 14.8 Å². The number of nitrogens with one attached hydrogen (secondary N) is 1. The summed E-state index contributed by atoms with van der Waals surface area (Å²) in [7, 11) is 3.19. The second kappa shape index (κ2) is 6.97. The van der Waals surface area contributed by atoms with Crippen molar-refractivity contribution in [3.8, 4) is 11.5 Å². The van der Waals surface area contributed by atoms with Crippen molar-refractivity contribution in [3.63, 3.8) is 0 Å². The molecule has 0 aliphatic rings. The third-order valence-electron chi connectivity index (χ3n) is 3.42. The first-order valence-corrected chi connectivity index (χ1v) is 6.92. The minimum atomic E-state index is -0.317. The van der Waals surface area contributed by atoms with Gasteiger partial charge in [0, 0.05) is 11.6 Å². The average Bonchev–Trinajstić information content (AvgIpc) is 2.53. The number of methoxy groups -OCH3 is 2. The van der Waals surface area contributed by atoms with E-state index >= 15 is 0 Å². The van der Waals surface area contributed by atoms with Crippen LogP contribution in [0.5, 0.6) is 11.5 Å². The summed E-state index contributed by atoms with van der Waals surface area (Å²) in [5.41, 5.74) is 1.82. The summed E-state index contributed by atoms with van der Waals surface area (Å²) in [5, 5.41) is 3.39. The lowest BCUT2D eigenvalue weighted by Crippen LogP contribution is -2.11. The van der Waals surface area contributed by atoms with Gasteiger partial charge in [-0.25, -0.2) is 4.39 Å². The van der Waals surface area contributed by atoms with Gasteiger partial charge < -0.3 is 14.8 Å². The lowest BCUT2D eigenvalue weighted by atomic mass is 10.0. The maximum atomic E-state index is 13.3. The molecule has 2 aromatic rings. The summed E-state index contributed by atoms with van der Waals surface area (Å²) in [6.45, 7) is 2.08. The van der Waals surface area contributed by atoms with E-state index in [4.69, 9.17) is 9.47 Å². The molecule has 0 amide bonds. The number of halogens is 1. The fourth-order valence-corrected chi connectivity index (χ4v) is 2.33. The summed E-state index contributed by atoms with van der Waals surface area (Å²) in [4.78, 5) is 0. The minimum Gasteiger partial charge on any atom is -0.496 e. The smallest absolute Gasteiger partial charge is 0.144 e. The molecule has 0 aliphatic heterocycles. The van der Waals surface area contributed by atoms with Crippen molar-refractivity contribution in [2.24, 2.45) is 0 Å². The number of para-hydroxylation sites is 1. The third-order valence-corrected chi connectivity index (χ3v) is 3.42. The lowest BCUT2D eigenvalue weighted by Gasteiger charge is -2.22. The van der Waals surface area contributed by atoms with E-state index in [0.29, 0.717) is 5.75 Å². The Kier molecular flexibility index (Phi) is 5.04. The molecule has 0 aromatic heterocycles. The molecule has 2 aromatic carbocycles. The highest BCUT2D eigenvalue weighted by Crippen LogP contribution is 2.33. The van der Waals surface area contributed by atoms with Gasteiger partial charge in [0.05, 0.1) is 25.9 Å². The molecule has 0 heterocycles. The van der Waals surface area contributed by atoms with E-state index in [9.17, 15) is 4.39 Å². The number of rotatable bonds is 6. The highest BCUT2D eigenvalue weighted by molar-refractivity contribution is 5.58. The summed E-state index contributed by atoms with van der Waals surface area (Å²) in [5.74, 6) is 1.00. The van der Waals surface area contributed by atoms with Gasteiger partial charge in [-0.15, -0.1) is 0 Å². The van der Waals surface area contributed by atoms with Gasteiger partial charge >= 0.3 is 0 Å². The molecule has 21 heavy (non-hydrogen) atoms. The summed E-state index contributed by atoms with van der Waals surface area (Å²) in [6, 6.07) is 12.4. The second-order valence-electron chi connectivity index (χ2n) is 4.69. The fraction of sp³-hybridized carbons (Fsp3) is 0.294. The third kappa shape index (κ3) is 3.45. The van der Waals surface area contributed by atoms with E-state index in [1.165, 1.54) is 19.2 Å². The van der Waals surface area contributed by atoms with E-state index < -0.39 is 0 Å². The molecule has 1 unspecified atom stereocenters. The van der Waals surface area contributed by atoms with Gasteiger partial charge in [0.1, 0.15) is 17.3 Å². The Morgan fingerprint density at radius 1 is 1.05 bits per heavy atom. The first-order chi connectivity index (χ1) is 10.2. The molecule has 0 spiro atoms. The zero-order valence-electron chi connectivity index (χ0n) is 12.5. The maximum absolute atomic E-state index is 13.3. The van der Waals surface area contributed by atoms with Gasteiger partial charge in [-0.1, -0.05) is 25.1 Å². The molecular formula is C17H20FNO2. The first kappa shape index (κ1) is 15.2. The van der Waals surface area contributed by atoms with Crippen LogP contribution in [0.3, 0.4) is 0 Å². The average molecular weight is 289 g/mol. The van der Waals surface area contributed by atoms with E-state index in [-0.39, 0.29) is 11.9 Å². The summed E-state index contributed by atoms with van der Waals surface area (Å²) < 4.78 is 23.9. The van der Waals surface area contributed by atoms with Crippen LogP contribution in [0.2, 0.25) is 0 Å². The molecular weight excluding hydrogens is 269 g/mol. The van der Waals surface area contributed by atoms with Gasteiger partial charge in [-0.2, -0.15) is 0 Å². The molecule has 0 fully saturated rings. The molecule has 0 bridgehead atoms. The molecule has 0 saturated carbocycles. The Morgan fingerprint density at radius 2 is 1.76 bits per heavy atom. The Hall–Kier alpha value is -2.23. The SMILES string of the molecule is CCC(Nc1ccc(F)cc1OC)c1ccccc1OC. The minimum absolute atomic E-state index is 0.0560. The zero-order valence-corrected chi connectivity index (χ0v) is 12.5. The largest absolute Gasteiger partial charge is 0.496 e. The van der Waals surface area contributed by atoms with Crippen LogP contribution >= 0.6 is 0 Å². The van der Waals surface area contributed by atoms with Gasteiger partial charge in [0.15, 0.2) is 0 Å². The van der Waals surface area contributed by atoms with E-state index in [1.54, 1.807) is 13.2 Å². The van der Waals surface area contributed by atoms with Crippen molar-refractivity contribution in [1.82, 2.24) is 0 Å². The highest BCUT2D eigenvalue weighted by Gasteiger charge is 2.16. The van der Waals surface area contributed by atoms with Crippen LogP contribution in [-0.4, -0.2) is 14.2 Å². The van der Waals surface area contributed by atoms with Crippen molar-refractivity contribution in [3.05, 3.63) is 53.8 Å². The van der Waals surface area contributed by atoms with Crippen LogP contribution in [0.4, 0.5) is 10.1 Å². The predicted molar refractivity (Wildman–Crippen MR) is 82.6 cm³/mol. The molecule has 0 aliphatic carbocycles. The number of benzene rings is 2. The molecule has 1 N–H and O–H groups in total. The zero-order chi connectivity index (χ0) is 15.2. The number of ether oxygens (including phenoxy) is 2. The predicted octanol–water partition coefficient (Wildman–Crippen LogP) is 4.41. The standard InChI is InChI=1S/C17H20FNO2/c1-4-14(13-7-5-6-8-16(13)20-2)19-15-10-9-12(18)11-17(15)21-3/h5-11,14,19H,4H2,1-3H3. The molecule has 0 saturated heterocycles. The Labute approximate surface area is 124 Å². The van der Waals surface area contributed by atoms with Crippen LogP contribution in [0.1, 0.15) is 24.9 Å². The van der Waals surface area contributed by atoms with Crippen LogP contribution in [-0.2, 0) is 0 Å². The Morgan fingerprint density at radius 3 is 2.43 bits per heavy atom. The van der Waals surface area contributed by atoms with Crippen LogP contribution in [0.25, 0.3) is 0 Å². The van der Waals surface area contributed by atoms with Crippen LogP contribution in [0.15, 0.2) is 42.5 Å². The quantitative estimate of drug-likeness (QED) is 0.854. The molecule has 1 atom stereocenters. The number of hydrogen-bond acceptors (Lipinski definition) is 3. The van der Waals surface area contributed by atoms with E-state index in [2.05, 4.69) is 12.2 Å². The van der Waals surface area contributed by atoms with Gasteiger partial charge in [0.2, 0.25) is 0 Å². The molecule has 2 rings (SSSR count). The monoisotopic (exact) mass is 289 g/mol. The second-order valence-corrected chi connectivity index (χ2v) is 4.69. The topological polar surface area (TPSA) is 30.5 Å². The van der Waals surface area contributed by atoms with E-state index in [1.807, 2.05) is 24.3 Å². The van der Waals surface area contributed by atoms with Crippen molar-refractivity contribution in [1.29, 1.82) is 0 Å². The van der Waals surface area contributed by atoms with Crippen molar-refractivity contribution < 1.29 is 13.9 Å². The molecule has 3 nitrogen and oxygen atoms in total. The molecule has 0 radical (unpaired) electrons. The molecule has 112 valence electrons. The lowest BCUT2D eigenvalue weighted by molar-refractivity contribution is 0.405. The Bertz CT molecular complexity index is 601. The van der Waals surface area contributed by atoms with Gasteiger partial charge in [-0.05, 0) is 24.6 Å². The van der Waals surface area contributed by atoms with Gasteiger partial charge in [0.25, 0.3) is 0 Å². The summed E-state index contributed by atoms with van der Waals surface area (Å²) >= 11 is 0. The van der Waals surface area contributed by atoms with Crippen molar-refractivity contribution in [2.75, 3.05) is 19.5 Å². The van der Waals surface area contributed by atoms with Crippen molar-refractivity contribution in [2.45, 2.75) is 19.4 Å². The van der Waals surface area contributed by atoms with E-state index in [0.717, 1.165) is 23.4 Å². The fourth-order valence-electron chi connectivity index (χ4n) is 2.33. The molecule has 4 heteroatoms. The van der Waals surface area contributed by atoms with Crippen LogP contribution in [0, 0.1) is 5.82 Å². The first-order valence-electron chi connectivity index (χ1n) is 6.92. The maximum Gasteiger partial charge on any atom is 0.144 e. The summed E-state index contributed by atoms with van der Waals surface area (Å²) in [6.07, 6.45) is 0.862. The normalized spacial score (nSPS) is 11.8. The Balaban J connectivity index is 2.31.